The number of carbonyl (C=O) groups is 2. The van der Waals surface area contributed by atoms with Crippen LogP contribution >= 0.6 is 0 Å². The molecule has 0 saturated carbocycles. The molecule has 0 amide bonds. The molecule has 0 aliphatic rings. The molecular formula is C21H29NO5. The number of Topliss-reactive ketones (excluding diaryl/α,β-unsaturated/α-hetero) is 1. The highest BCUT2D eigenvalue weighted by Crippen LogP contribution is 2.18. The predicted octanol–water partition coefficient (Wildman–Crippen LogP) is 5.25. The fraction of sp³-hybridized carbons (Fsp3) is 0.524. The standard InChI is InChI=1S/C21H29NO5/c1-3-4-5-6-7-8-9-19(16-27-21(24)14-17(2)23)15-18-10-12-20(13-11-18)22(25)26/h10-13,15H,3-9,14,16H2,1-2H3/b19-15+. The molecule has 0 N–H and O–H groups in total. The van der Waals surface area contributed by atoms with Crippen molar-refractivity contribution in [2.75, 3.05) is 6.61 Å². The molecule has 27 heavy (non-hydrogen) atoms. The van der Waals surface area contributed by atoms with Gasteiger partial charge in [-0.15, -0.1) is 0 Å². The number of non-ortho nitro benzene ring substituents is 1. The van der Waals surface area contributed by atoms with Gasteiger partial charge >= 0.3 is 5.97 Å². The van der Waals surface area contributed by atoms with Crippen LogP contribution in [0.3, 0.4) is 0 Å². The van der Waals surface area contributed by atoms with Gasteiger partial charge in [-0.3, -0.25) is 19.7 Å². The summed E-state index contributed by atoms with van der Waals surface area (Å²) in [5.74, 6) is -0.753. The van der Waals surface area contributed by atoms with Crippen LogP contribution in [0.5, 0.6) is 0 Å². The second-order valence-corrected chi connectivity index (χ2v) is 6.71. The fourth-order valence-corrected chi connectivity index (χ4v) is 2.67. The Morgan fingerprint density at radius 1 is 1.07 bits per heavy atom. The summed E-state index contributed by atoms with van der Waals surface area (Å²) >= 11 is 0. The zero-order valence-electron chi connectivity index (χ0n) is 16.2. The van der Waals surface area contributed by atoms with E-state index in [0.29, 0.717) is 0 Å². The van der Waals surface area contributed by atoms with Crippen LogP contribution in [0.15, 0.2) is 29.8 Å². The first kappa shape index (κ1) is 22.5. The number of ether oxygens (including phenoxy) is 1. The maximum atomic E-state index is 11.6. The van der Waals surface area contributed by atoms with Crippen molar-refractivity contribution in [2.24, 2.45) is 0 Å². The Hall–Kier alpha value is -2.50. The maximum absolute atomic E-state index is 11.6. The van der Waals surface area contributed by atoms with E-state index in [-0.39, 0.29) is 24.5 Å². The minimum Gasteiger partial charge on any atom is -0.461 e. The van der Waals surface area contributed by atoms with Gasteiger partial charge in [0.1, 0.15) is 18.8 Å². The monoisotopic (exact) mass is 375 g/mol. The molecule has 0 aromatic heterocycles. The Morgan fingerprint density at radius 3 is 2.30 bits per heavy atom. The summed E-state index contributed by atoms with van der Waals surface area (Å²) in [7, 11) is 0. The number of esters is 1. The van der Waals surface area contributed by atoms with Gasteiger partial charge in [0.25, 0.3) is 5.69 Å². The average Bonchev–Trinajstić information content (AvgIpc) is 2.62. The Balaban J connectivity index is 2.68. The lowest BCUT2D eigenvalue weighted by Crippen LogP contribution is -2.11. The second-order valence-electron chi connectivity index (χ2n) is 6.71. The van der Waals surface area contributed by atoms with Crippen LogP contribution in [-0.2, 0) is 14.3 Å². The Morgan fingerprint density at radius 2 is 1.70 bits per heavy atom. The molecular weight excluding hydrogens is 346 g/mol. The third-order valence-corrected chi connectivity index (χ3v) is 4.14. The summed E-state index contributed by atoms with van der Waals surface area (Å²) in [5.41, 5.74) is 1.80. The molecule has 0 heterocycles. The van der Waals surface area contributed by atoms with Gasteiger partial charge in [0.05, 0.1) is 4.92 Å². The zero-order valence-corrected chi connectivity index (χ0v) is 16.2. The molecule has 148 valence electrons. The number of rotatable bonds is 13. The van der Waals surface area contributed by atoms with Crippen molar-refractivity contribution < 1.29 is 19.2 Å². The third-order valence-electron chi connectivity index (χ3n) is 4.14. The van der Waals surface area contributed by atoms with E-state index in [1.54, 1.807) is 12.1 Å². The first-order valence-electron chi connectivity index (χ1n) is 9.51. The number of ketones is 1. The molecule has 6 nitrogen and oxygen atoms in total. The van der Waals surface area contributed by atoms with Crippen molar-refractivity contribution in [3.8, 4) is 0 Å². The number of hydrogen-bond acceptors (Lipinski definition) is 5. The van der Waals surface area contributed by atoms with Gasteiger partial charge in [-0.05, 0) is 43.0 Å². The first-order chi connectivity index (χ1) is 12.9. The van der Waals surface area contributed by atoms with Crippen molar-refractivity contribution in [3.63, 3.8) is 0 Å². The lowest BCUT2D eigenvalue weighted by molar-refractivity contribution is -0.384. The van der Waals surface area contributed by atoms with Gasteiger partial charge in [-0.1, -0.05) is 45.1 Å². The van der Waals surface area contributed by atoms with E-state index in [9.17, 15) is 19.7 Å². The van der Waals surface area contributed by atoms with Crippen molar-refractivity contribution in [2.45, 2.75) is 65.2 Å². The molecule has 0 aliphatic heterocycles. The van der Waals surface area contributed by atoms with Crippen molar-refractivity contribution in [1.29, 1.82) is 0 Å². The SMILES string of the molecule is CCCCCCCC/C(=C\c1ccc([N+](=O)[O-])cc1)COC(=O)CC(C)=O. The number of hydrogen-bond donors (Lipinski definition) is 0. The molecule has 0 saturated heterocycles. The molecule has 0 spiro atoms. The van der Waals surface area contributed by atoms with Crippen LogP contribution < -0.4 is 0 Å². The van der Waals surface area contributed by atoms with Crippen molar-refractivity contribution in [1.82, 2.24) is 0 Å². The van der Waals surface area contributed by atoms with Crippen LogP contribution in [0, 0.1) is 10.1 Å². The highest BCUT2D eigenvalue weighted by atomic mass is 16.6. The van der Waals surface area contributed by atoms with E-state index in [1.807, 2.05) is 6.08 Å². The van der Waals surface area contributed by atoms with E-state index in [1.165, 1.54) is 44.7 Å². The summed E-state index contributed by atoms with van der Waals surface area (Å²) in [6.07, 6.45) is 9.43. The lowest BCUT2D eigenvalue weighted by Gasteiger charge is -2.09. The second kappa shape index (κ2) is 12.8. The lowest BCUT2D eigenvalue weighted by atomic mass is 10.0. The van der Waals surface area contributed by atoms with Gasteiger partial charge in [0.15, 0.2) is 0 Å². The predicted molar refractivity (Wildman–Crippen MR) is 105 cm³/mol. The molecule has 1 aromatic carbocycles. The molecule has 0 radical (unpaired) electrons. The Labute approximate surface area is 160 Å². The highest BCUT2D eigenvalue weighted by Gasteiger charge is 2.09. The van der Waals surface area contributed by atoms with Crippen molar-refractivity contribution in [3.05, 3.63) is 45.5 Å². The number of unbranched alkanes of at least 4 members (excludes halogenated alkanes) is 5. The van der Waals surface area contributed by atoms with Crippen LogP contribution in [0.2, 0.25) is 0 Å². The molecule has 0 unspecified atom stereocenters. The number of nitro benzene ring substituents is 1. The van der Waals surface area contributed by atoms with Crippen LogP contribution in [-0.4, -0.2) is 23.3 Å². The quantitative estimate of drug-likeness (QED) is 0.154. The number of benzene rings is 1. The maximum Gasteiger partial charge on any atom is 0.313 e. The van der Waals surface area contributed by atoms with Crippen LogP contribution in [0.1, 0.15) is 70.8 Å². The highest BCUT2D eigenvalue weighted by molar-refractivity contribution is 5.94. The fourth-order valence-electron chi connectivity index (χ4n) is 2.67. The van der Waals surface area contributed by atoms with Gasteiger partial charge in [0, 0.05) is 12.1 Å². The average molecular weight is 375 g/mol. The van der Waals surface area contributed by atoms with Crippen LogP contribution in [0.4, 0.5) is 5.69 Å². The summed E-state index contributed by atoms with van der Waals surface area (Å²) in [4.78, 5) is 33.0. The van der Waals surface area contributed by atoms with Gasteiger partial charge in [-0.2, -0.15) is 0 Å². The molecule has 0 bridgehead atoms. The Bertz CT molecular complexity index is 649. The first-order valence-corrected chi connectivity index (χ1v) is 9.51. The van der Waals surface area contributed by atoms with E-state index in [0.717, 1.165) is 30.4 Å². The van der Waals surface area contributed by atoms with E-state index in [2.05, 4.69) is 6.92 Å². The van der Waals surface area contributed by atoms with E-state index in [4.69, 9.17) is 4.74 Å². The minimum absolute atomic E-state index is 0.0394. The largest absolute Gasteiger partial charge is 0.461 e. The summed E-state index contributed by atoms with van der Waals surface area (Å²) in [6, 6.07) is 6.26. The molecule has 0 fully saturated rings. The normalized spacial score (nSPS) is 11.3. The zero-order chi connectivity index (χ0) is 20.1. The molecule has 6 heteroatoms. The number of nitrogens with zero attached hydrogens (tertiary/aromatic N) is 1. The third kappa shape index (κ3) is 10.3. The van der Waals surface area contributed by atoms with Gasteiger partial charge < -0.3 is 4.74 Å². The van der Waals surface area contributed by atoms with Gasteiger partial charge in [-0.25, -0.2) is 0 Å². The number of nitro groups is 1. The molecule has 1 rings (SSSR count). The van der Waals surface area contributed by atoms with Crippen LogP contribution in [0.25, 0.3) is 6.08 Å². The minimum atomic E-state index is -0.528. The van der Waals surface area contributed by atoms with Gasteiger partial charge in [0.2, 0.25) is 0 Å². The van der Waals surface area contributed by atoms with Crippen molar-refractivity contribution >= 4 is 23.5 Å². The smallest absolute Gasteiger partial charge is 0.313 e. The summed E-state index contributed by atoms with van der Waals surface area (Å²) < 4.78 is 5.21. The van der Waals surface area contributed by atoms with E-state index < -0.39 is 10.9 Å². The molecule has 0 aliphatic carbocycles. The summed E-state index contributed by atoms with van der Waals surface area (Å²) in [5, 5.41) is 10.8. The van der Waals surface area contributed by atoms with E-state index >= 15 is 0 Å². The molecule has 0 atom stereocenters. The topological polar surface area (TPSA) is 86.5 Å². The Kier molecular flexibility index (Phi) is 10.7. The number of carbonyl (C=O) groups excluding carboxylic acids is 2. The summed E-state index contributed by atoms with van der Waals surface area (Å²) in [6.45, 7) is 3.67. The molecule has 1 aromatic rings.